The van der Waals surface area contributed by atoms with E-state index in [9.17, 15) is 21.6 Å². The molecule has 5 nitrogen and oxygen atoms in total. The van der Waals surface area contributed by atoms with Crippen LogP contribution in [0.15, 0.2) is 16.6 Å². The Hall–Kier alpha value is -0.870. The number of hydrogen-bond acceptors (Lipinski definition) is 4. The first-order chi connectivity index (χ1) is 8.14. The maximum atomic E-state index is 12.4. The second kappa shape index (κ2) is 4.07. The molecule has 1 aromatic carbocycles. The lowest BCUT2D eigenvalue weighted by molar-refractivity contribution is -0.0448. The van der Waals surface area contributed by atoms with Gasteiger partial charge in [-0.25, -0.2) is 0 Å². The molecule has 0 aliphatic carbocycles. The summed E-state index contributed by atoms with van der Waals surface area (Å²) in [5.74, 6) is 0. The molecule has 0 bridgehead atoms. The smallest absolute Gasteiger partial charge is 0.195 e. The first kappa shape index (κ1) is 13.6. The van der Waals surface area contributed by atoms with Gasteiger partial charge in [0.15, 0.2) is 0 Å². The Morgan fingerprint density at radius 2 is 1.94 bits per heavy atom. The molecule has 11 heteroatoms. The molecule has 0 saturated carbocycles. The second-order valence-electron chi connectivity index (χ2n) is 3.14. The van der Waals surface area contributed by atoms with E-state index in [0.29, 0.717) is 4.47 Å². The number of alkyl halides is 3. The van der Waals surface area contributed by atoms with E-state index in [4.69, 9.17) is 11.6 Å². The summed E-state index contributed by atoms with van der Waals surface area (Å²) in [6, 6.07) is 2.49. The van der Waals surface area contributed by atoms with Crippen molar-refractivity contribution in [2.45, 2.75) is 5.51 Å². The summed E-state index contributed by atoms with van der Waals surface area (Å²) in [7, 11) is -5.63. The number of halogens is 5. The van der Waals surface area contributed by atoms with Gasteiger partial charge in [-0.2, -0.15) is 21.6 Å². The third kappa shape index (κ3) is 1.97. The molecule has 0 N–H and O–H groups in total. The molecule has 0 amide bonds. The molecule has 98 valence electrons. The molecular weight excluding hydrogens is 363 g/mol. The highest BCUT2D eigenvalue weighted by Crippen LogP contribution is 2.31. The summed E-state index contributed by atoms with van der Waals surface area (Å²) >= 11 is 8.71. The summed E-state index contributed by atoms with van der Waals surface area (Å²) in [6.45, 7) is 0. The van der Waals surface area contributed by atoms with Crippen LogP contribution in [0, 0.1) is 0 Å². The topological polar surface area (TPSA) is 64.8 Å². The number of benzene rings is 1. The monoisotopic (exact) mass is 363 g/mol. The maximum Gasteiger partial charge on any atom is 0.518 e. The molecule has 2 rings (SSSR count). The first-order valence-electron chi connectivity index (χ1n) is 4.17. The van der Waals surface area contributed by atoms with E-state index in [0.717, 1.165) is 6.07 Å². The van der Waals surface area contributed by atoms with Gasteiger partial charge in [0.2, 0.25) is 0 Å². The van der Waals surface area contributed by atoms with Gasteiger partial charge >= 0.3 is 15.5 Å². The van der Waals surface area contributed by atoms with Crippen LogP contribution in [0.4, 0.5) is 13.2 Å². The average molecular weight is 365 g/mol. The van der Waals surface area contributed by atoms with Crippen molar-refractivity contribution in [3.05, 3.63) is 21.6 Å². The van der Waals surface area contributed by atoms with Crippen molar-refractivity contribution >= 4 is 48.6 Å². The van der Waals surface area contributed by atoms with E-state index in [1.807, 2.05) is 0 Å². The molecule has 0 radical (unpaired) electrons. The Labute approximate surface area is 112 Å². The molecule has 0 atom stereocenters. The molecular formula is C7H2BrClF3N3O2S. The van der Waals surface area contributed by atoms with Crippen LogP contribution in [0.5, 0.6) is 0 Å². The van der Waals surface area contributed by atoms with E-state index in [1.54, 1.807) is 0 Å². The Kier molecular flexibility index (Phi) is 3.06. The molecule has 0 aliphatic rings. The molecule has 1 aromatic heterocycles. The maximum absolute atomic E-state index is 12.4. The van der Waals surface area contributed by atoms with Gasteiger partial charge in [-0.1, -0.05) is 32.7 Å². The molecule has 2 aromatic rings. The van der Waals surface area contributed by atoms with Gasteiger partial charge in [0.25, 0.3) is 0 Å². The van der Waals surface area contributed by atoms with Gasteiger partial charge < -0.3 is 0 Å². The molecule has 1 heterocycles. The predicted molar refractivity (Wildman–Crippen MR) is 60.6 cm³/mol. The number of rotatable bonds is 1. The third-order valence-corrected chi connectivity index (χ3v) is 4.02. The zero-order valence-electron chi connectivity index (χ0n) is 8.11. The van der Waals surface area contributed by atoms with Crippen LogP contribution in [-0.2, 0) is 10.0 Å². The number of hydrogen-bond donors (Lipinski definition) is 0. The minimum absolute atomic E-state index is 0.0111. The fourth-order valence-electron chi connectivity index (χ4n) is 1.21. The highest BCUT2D eigenvalue weighted by Gasteiger charge is 2.49. The van der Waals surface area contributed by atoms with E-state index < -0.39 is 15.5 Å². The van der Waals surface area contributed by atoms with Crippen LogP contribution < -0.4 is 0 Å². The lowest BCUT2D eigenvalue weighted by Gasteiger charge is -2.07. The van der Waals surface area contributed by atoms with Crippen LogP contribution >= 0.6 is 27.5 Å². The quantitative estimate of drug-likeness (QED) is 0.780. The van der Waals surface area contributed by atoms with Crippen molar-refractivity contribution in [3.63, 3.8) is 0 Å². The summed E-state index contributed by atoms with van der Waals surface area (Å²) in [5, 5.41) is 6.30. The standard InChI is InChI=1S/C7H2BrClF3N3O2S/c8-3-1-4(9)6-5(2-3)15(14-13-6)18(16,17)7(10,11)12/h1-2H. The van der Waals surface area contributed by atoms with Gasteiger partial charge in [-0.3, -0.25) is 0 Å². The average Bonchev–Trinajstić information content (AvgIpc) is 2.59. The first-order valence-corrected chi connectivity index (χ1v) is 6.78. The Balaban J connectivity index is 2.83. The molecule has 0 spiro atoms. The molecule has 18 heavy (non-hydrogen) atoms. The Morgan fingerprint density at radius 3 is 2.50 bits per heavy atom. The molecule has 0 saturated heterocycles. The van der Waals surface area contributed by atoms with Crippen LogP contribution in [0.25, 0.3) is 11.0 Å². The minimum Gasteiger partial charge on any atom is -0.195 e. The van der Waals surface area contributed by atoms with Crippen molar-refractivity contribution in [3.8, 4) is 0 Å². The molecule has 0 unspecified atom stereocenters. The van der Waals surface area contributed by atoms with E-state index in [1.165, 1.54) is 6.07 Å². The summed E-state index contributed by atoms with van der Waals surface area (Å²) in [6.07, 6.45) is 0. The highest BCUT2D eigenvalue weighted by molar-refractivity contribution is 9.10. The molecule has 0 fully saturated rings. The van der Waals surface area contributed by atoms with Crippen molar-refractivity contribution in [2.24, 2.45) is 0 Å². The summed E-state index contributed by atoms with van der Waals surface area (Å²) in [4.78, 5) is 0. The van der Waals surface area contributed by atoms with E-state index in [-0.39, 0.29) is 20.1 Å². The number of nitrogens with zero attached hydrogens (tertiary/aromatic N) is 3. The predicted octanol–water partition coefficient (Wildman–Crippen LogP) is 2.54. The molecule has 0 aliphatic heterocycles. The van der Waals surface area contributed by atoms with Gasteiger partial charge in [0, 0.05) is 4.47 Å². The lowest BCUT2D eigenvalue weighted by atomic mass is 10.3. The fourth-order valence-corrected chi connectivity index (χ4v) is 2.76. The van der Waals surface area contributed by atoms with Crippen molar-refractivity contribution in [2.75, 3.05) is 0 Å². The van der Waals surface area contributed by atoms with E-state index >= 15 is 0 Å². The fraction of sp³-hybridized carbons (Fsp3) is 0.143. The van der Waals surface area contributed by atoms with Crippen LogP contribution in [0.1, 0.15) is 0 Å². The largest absolute Gasteiger partial charge is 0.518 e. The van der Waals surface area contributed by atoms with Crippen LogP contribution in [0.2, 0.25) is 5.02 Å². The van der Waals surface area contributed by atoms with Crippen molar-refractivity contribution in [1.82, 2.24) is 14.4 Å². The lowest BCUT2D eigenvalue weighted by Crippen LogP contribution is -2.30. The summed E-state index contributed by atoms with van der Waals surface area (Å²) < 4.78 is 59.8. The normalized spacial score (nSPS) is 13.2. The Morgan fingerprint density at radius 1 is 1.33 bits per heavy atom. The number of fused-ring (bicyclic) bond motifs is 1. The van der Waals surface area contributed by atoms with Crippen molar-refractivity contribution in [1.29, 1.82) is 0 Å². The zero-order valence-corrected chi connectivity index (χ0v) is 11.3. The van der Waals surface area contributed by atoms with Crippen LogP contribution in [-0.4, -0.2) is 28.3 Å². The zero-order chi connectivity index (χ0) is 13.7. The SMILES string of the molecule is O=S(=O)(n1nnc2c(Cl)cc(Br)cc21)C(F)(F)F. The van der Waals surface area contributed by atoms with Gasteiger partial charge in [0.1, 0.15) is 11.0 Å². The third-order valence-electron chi connectivity index (χ3n) is 1.96. The van der Waals surface area contributed by atoms with Gasteiger partial charge in [-0.15, -0.1) is 9.19 Å². The van der Waals surface area contributed by atoms with Crippen LogP contribution in [0.3, 0.4) is 0 Å². The second-order valence-corrected chi connectivity index (χ2v) is 6.22. The Bertz CT molecular complexity index is 727. The summed E-state index contributed by atoms with van der Waals surface area (Å²) in [5.41, 5.74) is -5.96. The van der Waals surface area contributed by atoms with Crippen molar-refractivity contribution < 1.29 is 21.6 Å². The highest BCUT2D eigenvalue weighted by atomic mass is 79.9. The van der Waals surface area contributed by atoms with Gasteiger partial charge in [0.05, 0.1) is 5.02 Å². The minimum atomic E-state index is -5.63. The van der Waals surface area contributed by atoms with Gasteiger partial charge in [-0.05, 0) is 12.1 Å². The van der Waals surface area contributed by atoms with E-state index in [2.05, 4.69) is 26.2 Å². The number of aromatic nitrogens is 3.